The molecule has 0 aliphatic carbocycles. The van der Waals surface area contributed by atoms with Gasteiger partial charge in [0.25, 0.3) is 5.82 Å². The van der Waals surface area contributed by atoms with Crippen LogP contribution < -0.4 is 10.5 Å². The summed E-state index contributed by atoms with van der Waals surface area (Å²) in [7, 11) is -16.2. The monoisotopic (exact) mass is 541 g/mol. The van der Waals surface area contributed by atoms with Crippen LogP contribution in [-0.2, 0) is 27.1 Å². The minimum Gasteiger partial charge on any atom is -0.740 e. The molecule has 23 heteroatoms. The average Bonchev–Trinajstić information content (AvgIpc) is 3.17. The zero-order valence-corrected chi connectivity index (χ0v) is 18.5. The van der Waals surface area contributed by atoms with E-state index in [1.807, 2.05) is 0 Å². The molecule has 2 aromatic heterocycles. The lowest BCUT2D eigenvalue weighted by molar-refractivity contribution is -0.592. The molecule has 2 aromatic rings. The Kier molecular flexibility index (Phi) is 8.33. The molecular formula is C10H18N5O15P3. The Balaban J connectivity index is 0.000000260. The maximum absolute atomic E-state index is 11.3. The summed E-state index contributed by atoms with van der Waals surface area (Å²) < 4.78 is 43.5. The molecule has 0 aromatic carbocycles. The highest BCUT2D eigenvalue weighted by atomic mass is 31.3. The first-order chi connectivity index (χ1) is 15.0. The minimum absolute atomic E-state index is 0.125. The van der Waals surface area contributed by atoms with Crippen LogP contribution >= 0.6 is 23.5 Å². The Morgan fingerprint density at radius 1 is 1.09 bits per heavy atom. The van der Waals surface area contributed by atoms with Gasteiger partial charge in [-0.1, -0.05) is 4.98 Å². The number of ether oxygens (including phenoxy) is 1. The number of nitrogen functional groups attached to an aromatic ring is 1. The quantitative estimate of drug-likeness (QED) is 0.0975. The van der Waals surface area contributed by atoms with Crippen molar-refractivity contribution in [2.45, 2.75) is 24.5 Å². The number of aliphatic hydroxyl groups excluding tert-OH is 3. The Bertz CT molecular complexity index is 1100. The highest BCUT2D eigenvalue weighted by Crippen LogP contribution is 2.64. The van der Waals surface area contributed by atoms with Gasteiger partial charge >= 0.3 is 23.5 Å². The van der Waals surface area contributed by atoms with Gasteiger partial charge in [-0.2, -0.15) is 8.62 Å². The number of fused-ring (bicyclic) bond motifs is 1. The van der Waals surface area contributed by atoms with E-state index in [2.05, 4.69) is 18.6 Å². The van der Waals surface area contributed by atoms with E-state index in [9.17, 15) is 29.1 Å². The average molecular weight is 541 g/mol. The summed E-state index contributed by atoms with van der Waals surface area (Å²) in [6.07, 6.45) is -2.09. The minimum atomic E-state index is -5.46. The molecule has 0 amide bonds. The van der Waals surface area contributed by atoms with Crippen LogP contribution in [0.3, 0.4) is 0 Å². The smallest absolute Gasteiger partial charge is 0.490 e. The molecule has 1 saturated heterocycles. The number of phosphoric acid groups is 3. The Hall–Kier alpha value is -1.60. The largest absolute Gasteiger partial charge is 0.740 e. The number of nitrogens with two attached hydrogens (primary N) is 1. The van der Waals surface area contributed by atoms with Crippen LogP contribution in [0.4, 0.5) is 5.82 Å². The molecule has 0 saturated carbocycles. The van der Waals surface area contributed by atoms with Gasteiger partial charge in [-0.25, -0.2) is 23.4 Å². The van der Waals surface area contributed by atoms with Crippen molar-refractivity contribution in [3.8, 4) is 0 Å². The van der Waals surface area contributed by atoms with Crippen LogP contribution in [0.5, 0.6) is 0 Å². The molecule has 1 aliphatic rings. The first-order valence-corrected chi connectivity index (χ1v) is 12.7. The summed E-state index contributed by atoms with van der Waals surface area (Å²) in [6, 6.07) is 0. The van der Waals surface area contributed by atoms with Gasteiger partial charge in [0.05, 0.1) is 6.61 Å². The molecule has 0 unspecified atom stereocenters. The number of hydrogen-bond acceptors (Lipinski definition) is 13. The van der Waals surface area contributed by atoms with Crippen LogP contribution in [0.1, 0.15) is 6.23 Å². The molecule has 3 rings (SSSR count). The van der Waals surface area contributed by atoms with Crippen LogP contribution in [0.15, 0.2) is 12.7 Å². The third kappa shape index (κ3) is 7.19. The second-order valence-electron chi connectivity index (χ2n) is 6.12. The van der Waals surface area contributed by atoms with Crippen LogP contribution in [0.25, 0.3) is 11.2 Å². The van der Waals surface area contributed by atoms with E-state index >= 15 is 0 Å². The molecule has 3 heterocycles. The molecule has 188 valence electrons. The topological polar surface area (TPSA) is 324 Å². The number of hydrogen-bond donors (Lipinski definition) is 9. The van der Waals surface area contributed by atoms with Crippen molar-refractivity contribution in [2.75, 3.05) is 12.3 Å². The zero-order chi connectivity index (χ0) is 25.4. The second kappa shape index (κ2) is 9.95. The normalized spacial score (nSPS) is 24.0. The highest BCUT2D eigenvalue weighted by Gasteiger charge is 2.44. The van der Waals surface area contributed by atoms with E-state index in [0.717, 1.165) is 6.33 Å². The van der Waals surface area contributed by atoms with Crippen molar-refractivity contribution in [2.24, 2.45) is 0 Å². The molecular weight excluding hydrogens is 523 g/mol. The summed E-state index contributed by atoms with van der Waals surface area (Å²) in [5.74, 6) is -0.125. The predicted molar refractivity (Wildman–Crippen MR) is 100.0 cm³/mol. The maximum Gasteiger partial charge on any atom is 0.490 e. The number of rotatable bonds is 6. The van der Waals surface area contributed by atoms with Gasteiger partial charge in [0.1, 0.15) is 24.6 Å². The molecule has 4 atom stereocenters. The van der Waals surface area contributed by atoms with Crippen molar-refractivity contribution in [3.63, 3.8) is 0 Å². The number of aliphatic hydroxyl groups is 3. The fourth-order valence-electron chi connectivity index (χ4n) is 2.52. The van der Waals surface area contributed by atoms with Crippen LogP contribution in [-0.4, -0.2) is 79.2 Å². The summed E-state index contributed by atoms with van der Waals surface area (Å²) in [6.45, 7) is -0.433. The van der Waals surface area contributed by atoms with Gasteiger partial charge in [0.15, 0.2) is 11.7 Å². The lowest BCUT2D eigenvalue weighted by atomic mass is 10.1. The van der Waals surface area contributed by atoms with Crippen molar-refractivity contribution in [3.05, 3.63) is 17.9 Å². The highest BCUT2D eigenvalue weighted by molar-refractivity contribution is 7.66. The number of nitrogens with zero attached hydrogens (tertiary/aromatic N) is 4. The first kappa shape index (κ1) is 27.6. The van der Waals surface area contributed by atoms with Gasteiger partial charge in [-0.3, -0.25) is 4.57 Å². The Morgan fingerprint density at radius 2 is 1.64 bits per heavy atom. The van der Waals surface area contributed by atoms with Crippen molar-refractivity contribution in [1.82, 2.24) is 14.5 Å². The third-order valence-corrected chi connectivity index (χ3v) is 7.10. The number of imidazole rings is 1. The lowest BCUT2D eigenvalue weighted by Crippen LogP contribution is -2.33. The van der Waals surface area contributed by atoms with E-state index in [-0.39, 0.29) is 17.0 Å². The molecule has 33 heavy (non-hydrogen) atoms. The molecule has 1 aliphatic heterocycles. The summed E-state index contributed by atoms with van der Waals surface area (Å²) >= 11 is 0. The standard InChI is InChI=1S/C10H13N5O5.H5O10P3/c11-8-5-9(13-3-15(8)19)14(2-12-5)10-7(18)6(17)4(1-16)20-10;1-11(2,3)9-13(7,8)10-12(4,5)6/h2-4,6-7,10,16-18H,1,11H2;(H,7,8)(H2,1,2,3)(H2,4,5,6)/t4-,6-,7-,10-;/m1./s1. The fourth-order valence-corrected chi connectivity index (χ4v) is 5.05. The molecule has 1 fully saturated rings. The second-order valence-corrected chi connectivity index (χ2v) is 10.3. The van der Waals surface area contributed by atoms with Crippen molar-refractivity contribution in [1.29, 1.82) is 0 Å². The van der Waals surface area contributed by atoms with E-state index in [1.165, 1.54) is 10.9 Å². The number of anilines is 1. The van der Waals surface area contributed by atoms with Crippen molar-refractivity contribution < 1.29 is 71.6 Å². The summed E-state index contributed by atoms with van der Waals surface area (Å²) in [4.78, 5) is 48.1. The summed E-state index contributed by atoms with van der Waals surface area (Å²) in [5, 5.41) is 40.0. The first-order valence-electron chi connectivity index (χ1n) is 8.15. The van der Waals surface area contributed by atoms with Crippen LogP contribution in [0, 0.1) is 5.21 Å². The van der Waals surface area contributed by atoms with Gasteiger partial charge in [-0.05, 0) is 0 Å². The van der Waals surface area contributed by atoms with Crippen molar-refractivity contribution >= 4 is 40.4 Å². The predicted octanol–water partition coefficient (Wildman–Crippen LogP) is -3.44. The molecule has 10 N–H and O–H groups in total. The Morgan fingerprint density at radius 3 is 2.09 bits per heavy atom. The third-order valence-electron chi connectivity index (χ3n) is 3.74. The molecule has 0 radical (unpaired) electrons. The van der Waals surface area contributed by atoms with E-state index in [0.29, 0.717) is 4.73 Å². The van der Waals surface area contributed by atoms with E-state index < -0.39 is 54.6 Å². The lowest BCUT2D eigenvalue weighted by Gasteiger charge is -2.15. The molecule has 20 nitrogen and oxygen atoms in total. The summed E-state index contributed by atoms with van der Waals surface area (Å²) in [5.41, 5.74) is 5.99. The Labute approximate surface area is 182 Å². The van der Waals surface area contributed by atoms with E-state index in [1.54, 1.807) is 0 Å². The van der Waals surface area contributed by atoms with E-state index in [4.69, 9.17) is 40.0 Å². The molecule has 0 bridgehead atoms. The number of aromatic nitrogens is 4. The zero-order valence-electron chi connectivity index (χ0n) is 15.8. The van der Waals surface area contributed by atoms with Gasteiger partial charge in [0.2, 0.25) is 12.0 Å². The SMILES string of the molecule is Nc1c2ncn([C@@H]3O[C@H](CO)[C@@H](O)[C@H]3O)c2nc[n+]1[O-].O=P(O)(O)OP(=O)(O)OP(=O)(O)O. The fraction of sp³-hybridized carbons (Fsp3) is 0.500. The van der Waals surface area contributed by atoms with Gasteiger partial charge < -0.3 is 55.5 Å². The maximum atomic E-state index is 11.3. The molecule has 0 spiro atoms. The van der Waals surface area contributed by atoms with Gasteiger partial charge in [-0.15, -0.1) is 0 Å². The van der Waals surface area contributed by atoms with Crippen LogP contribution in [0.2, 0.25) is 0 Å². The van der Waals surface area contributed by atoms with Gasteiger partial charge in [0, 0.05) is 0 Å².